The second kappa shape index (κ2) is 18.0. The molecule has 0 aliphatic heterocycles. The Morgan fingerprint density at radius 3 is 1.18 bits per heavy atom. The fourth-order valence-electron chi connectivity index (χ4n) is 10.9. The first-order valence-corrected chi connectivity index (χ1v) is 25.6. The highest BCUT2D eigenvalue weighted by Crippen LogP contribution is 2.43. The Bertz CT molecular complexity index is 4620. The summed E-state index contributed by atoms with van der Waals surface area (Å²) in [5.74, 6) is 4.44. The lowest BCUT2D eigenvalue weighted by molar-refractivity contribution is 1.07. The summed E-state index contributed by atoms with van der Waals surface area (Å²) in [6.45, 7) is 0. The van der Waals surface area contributed by atoms with E-state index in [1.807, 2.05) is 127 Å². The Hall–Kier alpha value is -10.7. The topological polar surface area (TPSA) is 105 Å². The molecule has 0 fully saturated rings. The molecule has 5 aromatic heterocycles. The summed E-state index contributed by atoms with van der Waals surface area (Å²) in [4.78, 5) is 35.7. The van der Waals surface area contributed by atoms with Crippen molar-refractivity contribution in [1.82, 2.24) is 48.4 Å². The van der Waals surface area contributed by atoms with Gasteiger partial charge in [0.15, 0.2) is 34.9 Å². The monoisotopic (exact) mass is 986 g/mol. The van der Waals surface area contributed by atoms with E-state index < -0.39 is 0 Å². The van der Waals surface area contributed by atoms with E-state index in [2.05, 4.69) is 141 Å². The van der Waals surface area contributed by atoms with Crippen molar-refractivity contribution in [2.75, 3.05) is 0 Å². The Balaban J connectivity index is 0.912. The minimum Gasteiger partial charge on any atom is -0.309 e. The van der Waals surface area contributed by atoms with E-state index in [0.29, 0.717) is 34.9 Å². The van der Waals surface area contributed by atoms with E-state index in [0.717, 1.165) is 106 Å². The summed E-state index contributed by atoms with van der Waals surface area (Å²) in [6.07, 6.45) is 0. The predicted molar refractivity (Wildman–Crippen MR) is 309 cm³/mol. The van der Waals surface area contributed by atoms with E-state index in [9.17, 15) is 0 Å². The highest BCUT2D eigenvalue weighted by Gasteiger charge is 2.24. The van der Waals surface area contributed by atoms with Crippen LogP contribution in [0.4, 0.5) is 0 Å². The molecule has 10 heteroatoms. The third kappa shape index (κ3) is 7.46. The normalized spacial score (nSPS) is 11.6. The first kappa shape index (κ1) is 43.8. The van der Waals surface area contributed by atoms with Gasteiger partial charge in [-0.05, 0) is 60.2 Å². The standard InChI is InChI=1S/C67H42N10/c1-5-21-43(22-6-1)61-69-62(44-23-7-2-8-24-44)72-65(71-61)47-29-17-31-49(41-47)75-55-37-15-13-33-53(55)59-51(34-19-39-57(59)75)52-35-20-40-58-60(52)77-56-38-16-14-36-54(56)68-67(77)76(58)50-32-18-30-48(42-50)66-73-63(45-25-9-3-10-26-45)70-64(74-66)46-27-11-4-12-28-46/h1-42H. The van der Waals surface area contributed by atoms with Crippen LogP contribution in [0, 0.1) is 0 Å². The number of imidazole rings is 2. The lowest BCUT2D eigenvalue weighted by Gasteiger charge is -2.12. The SMILES string of the molecule is c1ccc(-c2nc(-c3ccccc3)nc(-c3cccc(-n4c5ccccc5c5c(-c6cccc7c6n6c8ccccc8nc6n7-c6cccc(-c7nc(-c8ccccc8)nc(-c8ccccc8)n7)c6)cccc54)c3)n2)cc1. The van der Waals surface area contributed by atoms with Crippen molar-refractivity contribution in [1.29, 1.82) is 0 Å². The molecule has 0 aliphatic rings. The average molecular weight is 987 g/mol. The van der Waals surface area contributed by atoms with Gasteiger partial charge in [-0.15, -0.1) is 0 Å². The molecule has 15 rings (SSSR count). The zero-order valence-corrected chi connectivity index (χ0v) is 41.2. The molecule has 10 nitrogen and oxygen atoms in total. The first-order chi connectivity index (χ1) is 38.2. The van der Waals surface area contributed by atoms with Crippen LogP contribution < -0.4 is 0 Å². The lowest BCUT2D eigenvalue weighted by Crippen LogP contribution is -2.01. The maximum absolute atomic E-state index is 5.37. The van der Waals surface area contributed by atoms with Crippen LogP contribution in [0.2, 0.25) is 0 Å². The molecule has 0 saturated heterocycles. The molecular formula is C67H42N10. The van der Waals surface area contributed by atoms with E-state index in [1.54, 1.807) is 0 Å². The predicted octanol–water partition coefficient (Wildman–Crippen LogP) is 15.6. The number of rotatable bonds is 9. The summed E-state index contributed by atoms with van der Waals surface area (Å²) in [7, 11) is 0. The molecule has 0 aliphatic carbocycles. The van der Waals surface area contributed by atoms with Gasteiger partial charge in [0.25, 0.3) is 0 Å². The maximum Gasteiger partial charge on any atom is 0.220 e. The molecular weight excluding hydrogens is 945 g/mol. The van der Waals surface area contributed by atoms with Gasteiger partial charge in [0.05, 0.1) is 33.1 Å². The highest BCUT2D eigenvalue weighted by molar-refractivity contribution is 6.18. The van der Waals surface area contributed by atoms with Crippen molar-refractivity contribution in [2.45, 2.75) is 0 Å². The fraction of sp³-hybridized carbons (Fsp3) is 0. The molecule has 0 amide bonds. The van der Waals surface area contributed by atoms with Crippen LogP contribution in [0.5, 0.6) is 0 Å². The largest absolute Gasteiger partial charge is 0.309 e. The number of nitrogens with zero attached hydrogens (tertiary/aromatic N) is 10. The molecule has 360 valence electrons. The fourth-order valence-corrected chi connectivity index (χ4v) is 10.9. The smallest absolute Gasteiger partial charge is 0.220 e. The summed E-state index contributed by atoms with van der Waals surface area (Å²) in [5.41, 5.74) is 15.7. The quantitative estimate of drug-likeness (QED) is 0.142. The molecule has 0 unspecified atom stereocenters. The van der Waals surface area contributed by atoms with Crippen molar-refractivity contribution >= 4 is 49.7 Å². The zero-order chi connectivity index (χ0) is 50.8. The summed E-state index contributed by atoms with van der Waals surface area (Å²) in [5, 5.41) is 2.28. The third-order valence-electron chi connectivity index (χ3n) is 14.3. The molecule has 10 aromatic carbocycles. The molecule has 5 heterocycles. The van der Waals surface area contributed by atoms with Gasteiger partial charge in [-0.1, -0.05) is 200 Å². The number of benzene rings is 10. The molecule has 77 heavy (non-hydrogen) atoms. The number of hydrogen-bond acceptors (Lipinski definition) is 7. The van der Waals surface area contributed by atoms with Gasteiger partial charge in [-0.3, -0.25) is 8.97 Å². The summed E-state index contributed by atoms with van der Waals surface area (Å²) in [6, 6.07) is 87.6. The van der Waals surface area contributed by atoms with Crippen LogP contribution in [-0.2, 0) is 0 Å². The summed E-state index contributed by atoms with van der Waals surface area (Å²) >= 11 is 0. The number of fused-ring (bicyclic) bond motifs is 8. The van der Waals surface area contributed by atoms with Crippen molar-refractivity contribution in [2.24, 2.45) is 0 Å². The van der Waals surface area contributed by atoms with Crippen LogP contribution in [0.25, 0.3) is 140 Å². The Kier molecular flexibility index (Phi) is 10.3. The minimum absolute atomic E-state index is 0.581. The number of hydrogen-bond donors (Lipinski definition) is 0. The Labute approximate surface area is 441 Å². The van der Waals surface area contributed by atoms with E-state index in [1.165, 1.54) is 0 Å². The van der Waals surface area contributed by atoms with Crippen LogP contribution in [0.3, 0.4) is 0 Å². The zero-order valence-electron chi connectivity index (χ0n) is 41.2. The van der Waals surface area contributed by atoms with Crippen LogP contribution in [0.1, 0.15) is 0 Å². The second-order valence-electron chi connectivity index (χ2n) is 19.0. The van der Waals surface area contributed by atoms with Crippen LogP contribution in [-0.4, -0.2) is 48.4 Å². The maximum atomic E-state index is 5.37. The van der Waals surface area contributed by atoms with Gasteiger partial charge >= 0.3 is 0 Å². The van der Waals surface area contributed by atoms with Gasteiger partial charge in [0, 0.05) is 61.1 Å². The van der Waals surface area contributed by atoms with E-state index in [-0.39, 0.29) is 0 Å². The lowest BCUT2D eigenvalue weighted by atomic mass is 9.98. The van der Waals surface area contributed by atoms with Crippen LogP contribution >= 0.6 is 0 Å². The average Bonchev–Trinajstić information content (AvgIpc) is 4.39. The first-order valence-electron chi connectivity index (χ1n) is 25.6. The number of para-hydroxylation sites is 4. The van der Waals surface area contributed by atoms with E-state index >= 15 is 0 Å². The molecule has 0 atom stereocenters. The Morgan fingerprint density at radius 2 is 0.649 bits per heavy atom. The molecule has 0 bridgehead atoms. The van der Waals surface area contributed by atoms with Crippen molar-refractivity contribution in [3.8, 4) is 90.8 Å². The minimum atomic E-state index is 0.581. The van der Waals surface area contributed by atoms with Gasteiger partial charge < -0.3 is 4.57 Å². The molecule has 0 radical (unpaired) electrons. The summed E-state index contributed by atoms with van der Waals surface area (Å²) < 4.78 is 6.95. The van der Waals surface area contributed by atoms with Gasteiger partial charge in [0.2, 0.25) is 5.78 Å². The molecule has 15 aromatic rings. The molecule has 0 spiro atoms. The van der Waals surface area contributed by atoms with Crippen molar-refractivity contribution in [3.63, 3.8) is 0 Å². The highest BCUT2D eigenvalue weighted by atomic mass is 15.2. The van der Waals surface area contributed by atoms with Crippen LogP contribution in [0.15, 0.2) is 255 Å². The third-order valence-corrected chi connectivity index (χ3v) is 14.3. The number of aromatic nitrogens is 10. The van der Waals surface area contributed by atoms with Crippen molar-refractivity contribution in [3.05, 3.63) is 255 Å². The van der Waals surface area contributed by atoms with E-state index in [4.69, 9.17) is 34.9 Å². The Morgan fingerprint density at radius 1 is 0.260 bits per heavy atom. The van der Waals surface area contributed by atoms with Crippen molar-refractivity contribution < 1.29 is 0 Å². The van der Waals surface area contributed by atoms with Gasteiger partial charge in [-0.2, -0.15) is 0 Å². The van der Waals surface area contributed by atoms with Gasteiger partial charge in [0.1, 0.15) is 0 Å². The van der Waals surface area contributed by atoms with Gasteiger partial charge in [-0.25, -0.2) is 34.9 Å². The molecule has 0 N–H and O–H groups in total. The second-order valence-corrected chi connectivity index (χ2v) is 19.0. The molecule has 0 saturated carbocycles.